The summed E-state index contributed by atoms with van der Waals surface area (Å²) in [6.07, 6.45) is 3.82. The van der Waals surface area contributed by atoms with Gasteiger partial charge in [0, 0.05) is 11.8 Å². The van der Waals surface area contributed by atoms with E-state index in [4.69, 9.17) is 5.11 Å². The first-order valence-corrected chi connectivity index (χ1v) is 9.43. The molecule has 144 valence electrons. The summed E-state index contributed by atoms with van der Waals surface area (Å²) < 4.78 is 2.75. The van der Waals surface area contributed by atoms with Crippen molar-refractivity contribution in [3.63, 3.8) is 0 Å². The minimum Gasteiger partial charge on any atom is -0.465 e. The molecular weight excluding hydrogens is 360 g/mol. The van der Waals surface area contributed by atoms with Crippen molar-refractivity contribution in [2.24, 2.45) is 0 Å². The van der Waals surface area contributed by atoms with E-state index in [1.54, 1.807) is 6.08 Å². The molecule has 1 aliphatic heterocycles. The van der Waals surface area contributed by atoms with Crippen LogP contribution in [0.15, 0.2) is 12.7 Å². The number of amides is 4. The number of likely N-dealkylation sites (tertiary alicyclic amines) is 1. The lowest BCUT2D eigenvalue weighted by Gasteiger charge is -2.26. The number of rotatable bonds is 9. The van der Waals surface area contributed by atoms with Crippen LogP contribution in [0, 0.1) is 0 Å². The van der Waals surface area contributed by atoms with Crippen LogP contribution >= 0.6 is 11.9 Å². The third-order valence-corrected chi connectivity index (χ3v) is 5.28. The second kappa shape index (κ2) is 9.46. The standard InChI is InChI=1S/C16H24N4O5S/c1-2-4-11(14(22)19-26-10-6-7-10)18-15(23)12-5-3-8-20(12)13(21)9-17-16(24)25/h2,10-12,17H,1,3-9H2,(H,18,23)(H,19,22)(H,24,25). The first kappa shape index (κ1) is 20.1. The lowest BCUT2D eigenvalue weighted by atomic mass is 10.1. The van der Waals surface area contributed by atoms with Crippen molar-refractivity contribution in [2.45, 2.75) is 49.4 Å². The summed E-state index contributed by atoms with van der Waals surface area (Å²) >= 11 is 1.37. The van der Waals surface area contributed by atoms with Gasteiger partial charge < -0.3 is 20.6 Å². The van der Waals surface area contributed by atoms with E-state index in [9.17, 15) is 19.2 Å². The van der Waals surface area contributed by atoms with E-state index < -0.39 is 30.0 Å². The second-order valence-corrected chi connectivity index (χ2v) is 7.38. The summed E-state index contributed by atoms with van der Waals surface area (Å²) in [6.45, 7) is 3.61. The van der Waals surface area contributed by atoms with Gasteiger partial charge in [-0.3, -0.25) is 19.1 Å². The van der Waals surface area contributed by atoms with Crippen LogP contribution in [-0.4, -0.2) is 64.2 Å². The summed E-state index contributed by atoms with van der Waals surface area (Å²) in [7, 11) is 0. The maximum Gasteiger partial charge on any atom is 0.405 e. The van der Waals surface area contributed by atoms with Crippen molar-refractivity contribution < 1.29 is 24.3 Å². The van der Waals surface area contributed by atoms with Gasteiger partial charge in [0.2, 0.25) is 11.8 Å². The van der Waals surface area contributed by atoms with Crippen LogP contribution in [0.25, 0.3) is 0 Å². The molecule has 1 aliphatic carbocycles. The lowest BCUT2D eigenvalue weighted by Crippen LogP contribution is -2.53. The molecule has 4 N–H and O–H groups in total. The van der Waals surface area contributed by atoms with Crippen molar-refractivity contribution >= 4 is 35.8 Å². The summed E-state index contributed by atoms with van der Waals surface area (Å²) in [5.74, 6) is -1.16. The minimum atomic E-state index is -1.30. The molecule has 0 spiro atoms. The summed E-state index contributed by atoms with van der Waals surface area (Å²) in [5, 5.41) is 13.7. The van der Waals surface area contributed by atoms with Crippen LogP contribution < -0.4 is 15.4 Å². The largest absolute Gasteiger partial charge is 0.465 e. The molecule has 2 unspecified atom stereocenters. The van der Waals surface area contributed by atoms with Gasteiger partial charge in [0.15, 0.2) is 0 Å². The Morgan fingerprint density at radius 2 is 2.00 bits per heavy atom. The van der Waals surface area contributed by atoms with Crippen molar-refractivity contribution in [3.05, 3.63) is 12.7 Å². The van der Waals surface area contributed by atoms with E-state index in [1.165, 1.54) is 16.8 Å². The lowest BCUT2D eigenvalue weighted by molar-refractivity contribution is -0.138. The van der Waals surface area contributed by atoms with E-state index in [-0.39, 0.29) is 18.9 Å². The number of nitrogens with one attached hydrogen (secondary N) is 3. The molecule has 0 aromatic carbocycles. The average Bonchev–Trinajstić information content (AvgIpc) is 3.30. The van der Waals surface area contributed by atoms with Gasteiger partial charge in [-0.05, 0) is 44.1 Å². The monoisotopic (exact) mass is 384 g/mol. The maximum absolute atomic E-state index is 12.6. The molecular formula is C16H24N4O5S. The molecule has 0 bridgehead atoms. The topological polar surface area (TPSA) is 128 Å². The molecule has 0 aromatic rings. The Bertz CT molecular complexity index is 581. The second-order valence-electron chi connectivity index (χ2n) is 6.27. The summed E-state index contributed by atoms with van der Waals surface area (Å²) in [4.78, 5) is 48.8. The van der Waals surface area contributed by atoms with Crippen LogP contribution in [0.2, 0.25) is 0 Å². The van der Waals surface area contributed by atoms with Crippen LogP contribution in [-0.2, 0) is 14.4 Å². The van der Waals surface area contributed by atoms with Crippen LogP contribution in [0.3, 0.4) is 0 Å². The Hall–Kier alpha value is -2.23. The fourth-order valence-electron chi connectivity index (χ4n) is 2.66. The van der Waals surface area contributed by atoms with Crippen molar-refractivity contribution in [1.82, 2.24) is 20.3 Å². The molecule has 2 rings (SSSR count). The van der Waals surface area contributed by atoms with E-state index >= 15 is 0 Å². The number of nitrogens with zero attached hydrogens (tertiary/aromatic N) is 1. The zero-order valence-corrected chi connectivity index (χ0v) is 15.2. The SMILES string of the molecule is C=CCC(NC(=O)C1CCCN1C(=O)CNC(=O)O)C(=O)NSC1CC1. The van der Waals surface area contributed by atoms with E-state index in [2.05, 4.69) is 16.6 Å². The molecule has 1 saturated heterocycles. The Labute approximate surface area is 156 Å². The third kappa shape index (κ3) is 5.94. The number of hydrogen-bond donors (Lipinski definition) is 4. The predicted molar refractivity (Wildman–Crippen MR) is 96.3 cm³/mol. The Kier molecular flexibility index (Phi) is 7.31. The van der Waals surface area contributed by atoms with Gasteiger partial charge in [-0.15, -0.1) is 6.58 Å². The molecule has 1 heterocycles. The smallest absolute Gasteiger partial charge is 0.405 e. The number of carboxylic acid groups (broad SMARTS) is 1. The first-order valence-electron chi connectivity index (χ1n) is 8.55. The van der Waals surface area contributed by atoms with Gasteiger partial charge in [-0.2, -0.15) is 0 Å². The molecule has 26 heavy (non-hydrogen) atoms. The summed E-state index contributed by atoms with van der Waals surface area (Å²) in [6, 6.07) is -1.45. The maximum atomic E-state index is 12.6. The third-order valence-electron chi connectivity index (χ3n) is 4.15. The van der Waals surface area contributed by atoms with E-state index in [1.807, 2.05) is 5.32 Å². The fraction of sp³-hybridized carbons (Fsp3) is 0.625. The van der Waals surface area contributed by atoms with E-state index in [0.29, 0.717) is 24.6 Å². The van der Waals surface area contributed by atoms with Crippen molar-refractivity contribution in [3.8, 4) is 0 Å². The van der Waals surface area contributed by atoms with Gasteiger partial charge in [0.05, 0.1) is 0 Å². The molecule has 0 radical (unpaired) electrons. The van der Waals surface area contributed by atoms with Crippen molar-refractivity contribution in [2.75, 3.05) is 13.1 Å². The molecule has 0 aromatic heterocycles. The van der Waals surface area contributed by atoms with Gasteiger partial charge in [-0.1, -0.05) is 6.08 Å². The normalized spacial score (nSPS) is 20.2. The highest BCUT2D eigenvalue weighted by atomic mass is 32.2. The van der Waals surface area contributed by atoms with Gasteiger partial charge >= 0.3 is 6.09 Å². The van der Waals surface area contributed by atoms with E-state index in [0.717, 1.165) is 12.8 Å². The number of carbonyl (C=O) groups is 4. The fourth-order valence-corrected chi connectivity index (χ4v) is 3.45. The Morgan fingerprint density at radius 3 is 2.62 bits per heavy atom. The van der Waals surface area contributed by atoms with Crippen molar-refractivity contribution in [1.29, 1.82) is 0 Å². The molecule has 2 atom stereocenters. The Morgan fingerprint density at radius 1 is 1.27 bits per heavy atom. The average molecular weight is 384 g/mol. The summed E-state index contributed by atoms with van der Waals surface area (Å²) in [5.41, 5.74) is 0. The molecule has 2 fully saturated rings. The highest BCUT2D eigenvalue weighted by molar-refractivity contribution is 7.98. The molecule has 1 saturated carbocycles. The quantitative estimate of drug-likeness (QED) is 0.333. The zero-order valence-electron chi connectivity index (χ0n) is 14.4. The van der Waals surface area contributed by atoms with Crippen LogP contribution in [0.1, 0.15) is 32.1 Å². The Balaban J connectivity index is 1.90. The minimum absolute atomic E-state index is 0.282. The van der Waals surface area contributed by atoms with Gasteiger partial charge in [0.1, 0.15) is 18.6 Å². The highest BCUT2D eigenvalue weighted by Crippen LogP contribution is 2.31. The molecule has 10 heteroatoms. The van der Waals surface area contributed by atoms with Gasteiger partial charge in [0.25, 0.3) is 5.91 Å². The van der Waals surface area contributed by atoms with Crippen LogP contribution in [0.5, 0.6) is 0 Å². The predicted octanol–water partition coefficient (Wildman–Crippen LogP) is 0.233. The number of carbonyl (C=O) groups excluding carboxylic acids is 3. The number of hydrogen-bond acceptors (Lipinski definition) is 5. The van der Waals surface area contributed by atoms with Crippen LogP contribution in [0.4, 0.5) is 4.79 Å². The first-order chi connectivity index (χ1) is 12.4. The molecule has 9 nitrogen and oxygen atoms in total. The highest BCUT2D eigenvalue weighted by Gasteiger charge is 2.35. The molecule has 2 aliphatic rings. The molecule has 4 amide bonds. The van der Waals surface area contributed by atoms with Gasteiger partial charge in [-0.25, -0.2) is 4.79 Å². The zero-order chi connectivity index (χ0) is 19.1.